The first-order valence-corrected chi connectivity index (χ1v) is 6.90. The molecule has 0 N–H and O–H groups in total. The molecule has 1 aromatic heterocycles. The normalized spacial score (nSPS) is 11.2. The summed E-state index contributed by atoms with van der Waals surface area (Å²) in [6.45, 7) is 0. The fraction of sp³-hybridized carbons (Fsp3) is 0. The topological polar surface area (TPSA) is 12.9 Å². The zero-order valence-electron chi connectivity index (χ0n) is 10.3. The van der Waals surface area contributed by atoms with Crippen LogP contribution in [0.5, 0.6) is 0 Å². The van der Waals surface area contributed by atoms with Crippen molar-refractivity contribution in [1.29, 1.82) is 0 Å². The van der Waals surface area contributed by atoms with Crippen molar-refractivity contribution in [2.24, 2.45) is 0 Å². The molecule has 0 aliphatic rings. The van der Waals surface area contributed by atoms with Crippen LogP contribution in [0.2, 0.25) is 0 Å². The highest BCUT2D eigenvalue weighted by atomic mass is 79.9. The fourth-order valence-corrected chi connectivity index (χ4v) is 2.56. The zero-order chi connectivity index (χ0) is 13.1. The number of fused-ring (bicyclic) bond motifs is 1. The SMILES string of the molecule is Brc1ccc2ccccc2c1/C=C/c1ccccn1. The van der Waals surface area contributed by atoms with E-state index in [1.54, 1.807) is 6.20 Å². The number of hydrogen-bond donors (Lipinski definition) is 0. The number of rotatable bonds is 2. The summed E-state index contributed by atoms with van der Waals surface area (Å²) in [5, 5.41) is 2.48. The van der Waals surface area contributed by atoms with E-state index in [0.29, 0.717) is 0 Å². The molecule has 1 nitrogen and oxygen atoms in total. The maximum Gasteiger partial charge on any atom is 0.0629 e. The van der Waals surface area contributed by atoms with Crippen LogP contribution in [0, 0.1) is 0 Å². The van der Waals surface area contributed by atoms with Gasteiger partial charge in [0.1, 0.15) is 0 Å². The molecule has 0 unspecified atom stereocenters. The van der Waals surface area contributed by atoms with Gasteiger partial charge in [-0.3, -0.25) is 4.98 Å². The zero-order valence-corrected chi connectivity index (χ0v) is 11.8. The van der Waals surface area contributed by atoms with E-state index in [-0.39, 0.29) is 0 Å². The van der Waals surface area contributed by atoms with Crippen LogP contribution in [0.25, 0.3) is 22.9 Å². The Morgan fingerprint density at radius 3 is 2.53 bits per heavy atom. The number of halogens is 1. The molecule has 3 aromatic rings. The molecule has 0 radical (unpaired) electrons. The molecule has 0 saturated heterocycles. The molecule has 0 atom stereocenters. The molecule has 0 saturated carbocycles. The Morgan fingerprint density at radius 2 is 1.68 bits per heavy atom. The van der Waals surface area contributed by atoms with E-state index >= 15 is 0 Å². The Balaban J connectivity index is 2.10. The standard InChI is InChI=1S/C17H12BrN/c18-17-11-8-13-5-1-2-7-15(13)16(17)10-9-14-6-3-4-12-19-14/h1-12H/b10-9+. The molecular weight excluding hydrogens is 298 g/mol. The molecule has 0 spiro atoms. The summed E-state index contributed by atoms with van der Waals surface area (Å²) in [6.07, 6.45) is 5.94. The predicted octanol–water partition coefficient (Wildman–Crippen LogP) is 5.17. The smallest absolute Gasteiger partial charge is 0.0629 e. The summed E-state index contributed by atoms with van der Waals surface area (Å²) < 4.78 is 1.10. The Hall–Kier alpha value is -1.93. The van der Waals surface area contributed by atoms with E-state index in [4.69, 9.17) is 0 Å². The van der Waals surface area contributed by atoms with E-state index < -0.39 is 0 Å². The maximum atomic E-state index is 4.30. The van der Waals surface area contributed by atoms with Gasteiger partial charge in [-0.05, 0) is 40.6 Å². The third-order valence-corrected chi connectivity index (χ3v) is 3.72. The lowest BCUT2D eigenvalue weighted by Gasteiger charge is -2.05. The predicted molar refractivity (Wildman–Crippen MR) is 84.8 cm³/mol. The van der Waals surface area contributed by atoms with Crippen LogP contribution in [-0.2, 0) is 0 Å². The van der Waals surface area contributed by atoms with Crippen molar-refractivity contribution in [3.8, 4) is 0 Å². The highest BCUT2D eigenvalue weighted by molar-refractivity contribution is 9.10. The first-order chi connectivity index (χ1) is 9.34. The van der Waals surface area contributed by atoms with Gasteiger partial charge >= 0.3 is 0 Å². The largest absolute Gasteiger partial charge is 0.257 e. The van der Waals surface area contributed by atoms with Gasteiger partial charge in [-0.15, -0.1) is 0 Å². The van der Waals surface area contributed by atoms with E-state index in [2.05, 4.69) is 63.4 Å². The van der Waals surface area contributed by atoms with Crippen LogP contribution >= 0.6 is 15.9 Å². The molecule has 19 heavy (non-hydrogen) atoms. The molecule has 0 bridgehead atoms. The van der Waals surface area contributed by atoms with Crippen LogP contribution in [0.3, 0.4) is 0 Å². The third-order valence-electron chi connectivity index (χ3n) is 3.03. The van der Waals surface area contributed by atoms with Gasteiger partial charge < -0.3 is 0 Å². The lowest BCUT2D eigenvalue weighted by Crippen LogP contribution is -1.81. The second kappa shape index (κ2) is 5.37. The van der Waals surface area contributed by atoms with Crippen LogP contribution in [0.4, 0.5) is 0 Å². The Labute approximate surface area is 120 Å². The van der Waals surface area contributed by atoms with Crippen molar-refractivity contribution < 1.29 is 0 Å². The molecule has 0 fully saturated rings. The number of aromatic nitrogens is 1. The monoisotopic (exact) mass is 309 g/mol. The van der Waals surface area contributed by atoms with Gasteiger partial charge in [0.15, 0.2) is 0 Å². The minimum absolute atomic E-state index is 0.960. The molecule has 0 aliphatic heterocycles. The highest BCUT2D eigenvalue weighted by Crippen LogP contribution is 2.28. The molecule has 2 heteroatoms. The van der Waals surface area contributed by atoms with Crippen LogP contribution in [-0.4, -0.2) is 4.98 Å². The van der Waals surface area contributed by atoms with Crippen molar-refractivity contribution in [3.63, 3.8) is 0 Å². The van der Waals surface area contributed by atoms with Crippen molar-refractivity contribution in [1.82, 2.24) is 4.98 Å². The van der Waals surface area contributed by atoms with Gasteiger partial charge in [0, 0.05) is 10.7 Å². The minimum Gasteiger partial charge on any atom is -0.257 e. The van der Waals surface area contributed by atoms with Crippen molar-refractivity contribution in [2.75, 3.05) is 0 Å². The second-order valence-corrected chi connectivity index (χ2v) is 5.12. The first-order valence-electron chi connectivity index (χ1n) is 6.11. The van der Waals surface area contributed by atoms with Crippen LogP contribution in [0.1, 0.15) is 11.3 Å². The Kier molecular flexibility index (Phi) is 3.43. The summed E-state index contributed by atoms with van der Waals surface area (Å²) in [5.74, 6) is 0. The van der Waals surface area contributed by atoms with Gasteiger partial charge in [-0.25, -0.2) is 0 Å². The summed E-state index contributed by atoms with van der Waals surface area (Å²) in [6, 6.07) is 18.5. The van der Waals surface area contributed by atoms with E-state index in [1.807, 2.05) is 24.3 Å². The fourth-order valence-electron chi connectivity index (χ4n) is 2.08. The van der Waals surface area contributed by atoms with Gasteiger partial charge in [0.25, 0.3) is 0 Å². The average molecular weight is 310 g/mol. The Bertz CT molecular complexity index is 733. The van der Waals surface area contributed by atoms with Crippen molar-refractivity contribution in [3.05, 3.63) is 76.5 Å². The quantitative estimate of drug-likeness (QED) is 0.636. The molecule has 1 heterocycles. The van der Waals surface area contributed by atoms with Gasteiger partial charge in [-0.1, -0.05) is 58.4 Å². The molecule has 0 aliphatic carbocycles. The van der Waals surface area contributed by atoms with Crippen LogP contribution in [0.15, 0.2) is 65.3 Å². The summed E-state index contributed by atoms with van der Waals surface area (Å²) in [5.41, 5.74) is 2.14. The van der Waals surface area contributed by atoms with Gasteiger partial charge in [-0.2, -0.15) is 0 Å². The number of pyridine rings is 1. The first kappa shape index (κ1) is 12.1. The second-order valence-electron chi connectivity index (χ2n) is 4.27. The van der Waals surface area contributed by atoms with Crippen molar-refractivity contribution in [2.45, 2.75) is 0 Å². The molecule has 3 rings (SSSR count). The minimum atomic E-state index is 0.960. The van der Waals surface area contributed by atoms with Crippen LogP contribution < -0.4 is 0 Å². The molecule has 0 amide bonds. The lowest BCUT2D eigenvalue weighted by atomic mass is 10.0. The van der Waals surface area contributed by atoms with E-state index in [0.717, 1.165) is 10.2 Å². The van der Waals surface area contributed by atoms with Gasteiger partial charge in [0.05, 0.1) is 5.69 Å². The van der Waals surface area contributed by atoms with E-state index in [1.165, 1.54) is 16.3 Å². The number of nitrogens with zero attached hydrogens (tertiary/aromatic N) is 1. The molecule has 92 valence electrons. The number of hydrogen-bond acceptors (Lipinski definition) is 1. The molecule has 2 aromatic carbocycles. The number of benzene rings is 2. The highest BCUT2D eigenvalue weighted by Gasteiger charge is 2.02. The lowest BCUT2D eigenvalue weighted by molar-refractivity contribution is 1.30. The third kappa shape index (κ3) is 2.59. The summed E-state index contributed by atoms with van der Waals surface area (Å²) in [4.78, 5) is 4.30. The van der Waals surface area contributed by atoms with Gasteiger partial charge in [0.2, 0.25) is 0 Å². The van der Waals surface area contributed by atoms with E-state index in [9.17, 15) is 0 Å². The average Bonchev–Trinajstić information content (AvgIpc) is 2.47. The molecular formula is C17H12BrN. The van der Waals surface area contributed by atoms with Crippen molar-refractivity contribution >= 4 is 38.9 Å². The summed E-state index contributed by atoms with van der Waals surface area (Å²) >= 11 is 3.62. The Morgan fingerprint density at radius 1 is 0.842 bits per heavy atom. The summed E-state index contributed by atoms with van der Waals surface area (Å²) in [7, 11) is 0. The maximum absolute atomic E-state index is 4.30.